The largest absolute Gasteiger partial charge is 0.342 e. The van der Waals surface area contributed by atoms with Crippen LogP contribution in [0.25, 0.3) is 0 Å². The van der Waals surface area contributed by atoms with E-state index in [-0.39, 0.29) is 11.3 Å². The molecule has 1 fully saturated rings. The Morgan fingerprint density at radius 1 is 1.22 bits per heavy atom. The third-order valence-corrected chi connectivity index (χ3v) is 6.32. The third kappa shape index (κ3) is 5.25. The van der Waals surface area contributed by atoms with Crippen LogP contribution in [0.1, 0.15) is 39.2 Å². The van der Waals surface area contributed by atoms with Gasteiger partial charge in [0.15, 0.2) is 0 Å². The number of nitrogens with two attached hydrogens (primary N) is 1. The molecule has 0 radical (unpaired) electrons. The van der Waals surface area contributed by atoms with Gasteiger partial charge in [-0.15, -0.1) is 11.8 Å². The summed E-state index contributed by atoms with van der Waals surface area (Å²) in [6.07, 6.45) is 2.08. The van der Waals surface area contributed by atoms with E-state index in [2.05, 4.69) is 49.9 Å². The second-order valence-corrected chi connectivity index (χ2v) is 8.11. The van der Waals surface area contributed by atoms with E-state index >= 15 is 0 Å². The minimum atomic E-state index is 0.0436. The van der Waals surface area contributed by atoms with Crippen LogP contribution in [0.3, 0.4) is 0 Å². The minimum Gasteiger partial charge on any atom is -0.342 e. The molecule has 0 saturated carbocycles. The number of carbonyl (C=O) groups excluding carboxylic acids is 1. The molecule has 2 unspecified atom stereocenters. The van der Waals surface area contributed by atoms with Gasteiger partial charge in [-0.2, -0.15) is 0 Å². The van der Waals surface area contributed by atoms with Crippen molar-refractivity contribution in [2.75, 3.05) is 13.1 Å². The fourth-order valence-corrected chi connectivity index (χ4v) is 4.38. The van der Waals surface area contributed by atoms with Crippen LogP contribution in [0.2, 0.25) is 0 Å². The van der Waals surface area contributed by atoms with Crippen molar-refractivity contribution in [3.05, 3.63) is 35.9 Å². The number of amides is 1. The molecule has 2 atom stereocenters. The molecule has 3 nitrogen and oxygen atoms in total. The first-order chi connectivity index (χ1) is 11.0. The molecule has 2 rings (SSSR count). The van der Waals surface area contributed by atoms with E-state index in [0.717, 1.165) is 31.7 Å². The Labute approximate surface area is 145 Å². The van der Waals surface area contributed by atoms with Gasteiger partial charge in [-0.05, 0) is 37.2 Å². The highest BCUT2D eigenvalue weighted by molar-refractivity contribution is 7.99. The molecular formula is C19H30N2OS. The average molecular weight is 335 g/mol. The highest BCUT2D eigenvalue weighted by Gasteiger charge is 2.31. The molecular weight excluding hydrogens is 304 g/mol. The number of nitrogens with zero attached hydrogens (tertiary/aromatic N) is 1. The maximum absolute atomic E-state index is 12.9. The number of carbonyl (C=O) groups is 1. The first-order valence-corrected chi connectivity index (χ1v) is 9.73. The second-order valence-electron chi connectivity index (χ2n) is 6.98. The number of hydrogen-bond donors (Lipinski definition) is 1. The quantitative estimate of drug-likeness (QED) is 0.865. The Morgan fingerprint density at radius 3 is 2.35 bits per heavy atom. The Morgan fingerprint density at radius 2 is 1.83 bits per heavy atom. The summed E-state index contributed by atoms with van der Waals surface area (Å²) in [5, 5.41) is 0.0436. The van der Waals surface area contributed by atoms with Gasteiger partial charge in [0.1, 0.15) is 0 Å². The van der Waals surface area contributed by atoms with Crippen molar-refractivity contribution in [3.8, 4) is 0 Å². The summed E-state index contributed by atoms with van der Waals surface area (Å²) >= 11 is 1.78. The Bertz CT molecular complexity index is 481. The van der Waals surface area contributed by atoms with Crippen LogP contribution in [0, 0.1) is 11.8 Å². The van der Waals surface area contributed by atoms with Gasteiger partial charge < -0.3 is 10.6 Å². The predicted octanol–water partition coefficient (Wildman–Crippen LogP) is 3.53. The lowest BCUT2D eigenvalue weighted by Crippen LogP contribution is -2.46. The van der Waals surface area contributed by atoms with Gasteiger partial charge in [0.2, 0.25) is 5.91 Å². The van der Waals surface area contributed by atoms with Crippen molar-refractivity contribution in [2.45, 2.75) is 50.7 Å². The number of rotatable bonds is 6. The van der Waals surface area contributed by atoms with Gasteiger partial charge in [0.25, 0.3) is 0 Å². The molecule has 0 spiro atoms. The first-order valence-electron chi connectivity index (χ1n) is 8.69. The lowest BCUT2D eigenvalue weighted by molar-refractivity contribution is -0.132. The van der Waals surface area contributed by atoms with Crippen LogP contribution in [0.4, 0.5) is 0 Å². The second kappa shape index (κ2) is 8.74. The Balaban J connectivity index is 1.91. The van der Waals surface area contributed by atoms with E-state index in [1.165, 1.54) is 5.56 Å². The van der Waals surface area contributed by atoms with Crippen molar-refractivity contribution in [1.29, 1.82) is 0 Å². The lowest BCUT2D eigenvalue weighted by atomic mass is 9.90. The highest BCUT2D eigenvalue weighted by Crippen LogP contribution is 2.28. The fraction of sp³-hybridized carbons (Fsp3) is 0.632. The summed E-state index contributed by atoms with van der Waals surface area (Å²) in [7, 11) is 0. The molecule has 4 heteroatoms. The molecule has 0 aromatic heterocycles. The highest BCUT2D eigenvalue weighted by atomic mass is 32.2. The van der Waals surface area contributed by atoms with Crippen LogP contribution >= 0.6 is 11.8 Å². The molecule has 0 bridgehead atoms. The summed E-state index contributed by atoms with van der Waals surface area (Å²) in [6, 6.07) is 10.6. The van der Waals surface area contributed by atoms with Crippen LogP contribution in [-0.2, 0) is 10.5 Å². The van der Waals surface area contributed by atoms with Gasteiger partial charge in [0, 0.05) is 24.9 Å². The zero-order valence-electron chi connectivity index (χ0n) is 14.6. The van der Waals surface area contributed by atoms with Crippen molar-refractivity contribution in [1.82, 2.24) is 4.90 Å². The van der Waals surface area contributed by atoms with Crippen LogP contribution in [0.5, 0.6) is 0 Å². The van der Waals surface area contributed by atoms with Gasteiger partial charge in [-0.25, -0.2) is 0 Å². The van der Waals surface area contributed by atoms with Crippen molar-refractivity contribution in [2.24, 2.45) is 17.6 Å². The number of hydrogen-bond acceptors (Lipinski definition) is 3. The number of likely N-dealkylation sites (tertiary alicyclic amines) is 1. The summed E-state index contributed by atoms with van der Waals surface area (Å²) in [5.41, 5.74) is 7.29. The minimum absolute atomic E-state index is 0.0436. The molecule has 128 valence electrons. The van der Waals surface area contributed by atoms with E-state index in [9.17, 15) is 4.79 Å². The summed E-state index contributed by atoms with van der Waals surface area (Å²) in [6.45, 7) is 8.10. The smallest absolute Gasteiger partial charge is 0.235 e. The molecule has 1 aromatic carbocycles. The first kappa shape index (κ1) is 18.3. The van der Waals surface area contributed by atoms with Crippen molar-refractivity contribution in [3.63, 3.8) is 0 Å². The zero-order chi connectivity index (χ0) is 16.8. The Kier molecular flexibility index (Phi) is 6.97. The lowest BCUT2D eigenvalue weighted by Gasteiger charge is -2.36. The average Bonchev–Trinajstić information content (AvgIpc) is 2.55. The van der Waals surface area contributed by atoms with E-state index in [4.69, 9.17) is 5.73 Å². The van der Waals surface area contributed by atoms with Crippen LogP contribution in [0.15, 0.2) is 30.3 Å². The molecule has 2 N–H and O–H groups in total. The molecule has 1 saturated heterocycles. The SMILES string of the molecule is CC(C)C(SCc1ccccc1)C(=O)N1CCC(C(C)N)CC1. The van der Waals surface area contributed by atoms with Crippen LogP contribution < -0.4 is 5.73 Å². The molecule has 1 aliphatic heterocycles. The molecule has 23 heavy (non-hydrogen) atoms. The summed E-state index contributed by atoms with van der Waals surface area (Å²) in [5.74, 6) is 2.12. The van der Waals surface area contributed by atoms with Gasteiger partial charge >= 0.3 is 0 Å². The van der Waals surface area contributed by atoms with Gasteiger partial charge in [-0.3, -0.25) is 4.79 Å². The van der Waals surface area contributed by atoms with Crippen LogP contribution in [-0.4, -0.2) is 35.2 Å². The van der Waals surface area contributed by atoms with Crippen molar-refractivity contribution >= 4 is 17.7 Å². The third-order valence-electron chi connectivity index (χ3n) is 4.72. The summed E-state index contributed by atoms with van der Waals surface area (Å²) < 4.78 is 0. The van der Waals surface area contributed by atoms with E-state index in [1.54, 1.807) is 11.8 Å². The number of piperidine rings is 1. The van der Waals surface area contributed by atoms with E-state index in [1.807, 2.05) is 6.07 Å². The maximum Gasteiger partial charge on any atom is 0.235 e. The standard InChI is InChI=1S/C19H30N2OS/c1-14(2)18(23-13-16-7-5-4-6-8-16)19(22)21-11-9-17(10-12-21)15(3)20/h4-8,14-15,17-18H,9-13,20H2,1-3H3. The van der Waals surface area contributed by atoms with Gasteiger partial charge in [-0.1, -0.05) is 44.2 Å². The van der Waals surface area contributed by atoms with Crippen molar-refractivity contribution < 1.29 is 4.79 Å². The number of benzene rings is 1. The molecule has 1 aliphatic rings. The fourth-order valence-electron chi connectivity index (χ4n) is 3.13. The molecule has 1 amide bonds. The molecule has 1 aromatic rings. The van der Waals surface area contributed by atoms with E-state index < -0.39 is 0 Å². The van der Waals surface area contributed by atoms with E-state index in [0.29, 0.717) is 17.7 Å². The normalized spacial score (nSPS) is 18.9. The van der Waals surface area contributed by atoms with Gasteiger partial charge in [0.05, 0.1) is 5.25 Å². The summed E-state index contributed by atoms with van der Waals surface area (Å²) in [4.78, 5) is 15.0. The molecule has 1 heterocycles. The predicted molar refractivity (Wildman–Crippen MR) is 99.3 cm³/mol. The molecule has 0 aliphatic carbocycles. The monoisotopic (exact) mass is 334 g/mol. The number of thioether (sulfide) groups is 1. The topological polar surface area (TPSA) is 46.3 Å². The Hall–Kier alpha value is -1.00. The zero-order valence-corrected chi connectivity index (χ0v) is 15.4. The maximum atomic E-state index is 12.9.